The Balaban J connectivity index is 1.94. The monoisotopic (exact) mass is 454 g/mol. The molecule has 0 atom stereocenters. The Morgan fingerprint density at radius 1 is 0.471 bits per heavy atom. The standard InChI is InChI=1S/C26H18N2O6/c29-23(27-15-7-3-1-4-8-15)17-11-13-20(26(33)34)22-18(12-14-19(21(17)22)25(31)32)24(30)28-16-9-5-2-6-10-16/h1-14H,(H,27,29)(H,28,30)(H,31,32)(H,33,34). The van der Waals surface area contributed by atoms with Crippen molar-refractivity contribution in [2.75, 3.05) is 10.6 Å². The van der Waals surface area contributed by atoms with Crippen LogP contribution in [-0.4, -0.2) is 34.0 Å². The van der Waals surface area contributed by atoms with E-state index in [1.807, 2.05) is 0 Å². The number of hydrogen-bond donors (Lipinski definition) is 4. The lowest BCUT2D eigenvalue weighted by Gasteiger charge is -2.16. The van der Waals surface area contributed by atoms with Gasteiger partial charge in [-0.3, -0.25) is 9.59 Å². The molecule has 0 bridgehead atoms. The number of hydrogen-bond acceptors (Lipinski definition) is 4. The van der Waals surface area contributed by atoms with Gasteiger partial charge in [0.1, 0.15) is 0 Å². The minimum absolute atomic E-state index is 0.0735. The third-order valence-corrected chi connectivity index (χ3v) is 5.17. The van der Waals surface area contributed by atoms with Crippen molar-refractivity contribution in [2.45, 2.75) is 0 Å². The van der Waals surface area contributed by atoms with Gasteiger partial charge in [0.05, 0.1) is 11.1 Å². The average molecular weight is 454 g/mol. The number of anilines is 2. The summed E-state index contributed by atoms with van der Waals surface area (Å²) in [6.07, 6.45) is 0. The third-order valence-electron chi connectivity index (χ3n) is 5.17. The molecule has 0 fully saturated rings. The molecule has 4 N–H and O–H groups in total. The molecule has 4 aromatic carbocycles. The van der Waals surface area contributed by atoms with Crippen LogP contribution in [0.4, 0.5) is 11.4 Å². The summed E-state index contributed by atoms with van der Waals surface area (Å²) >= 11 is 0. The third kappa shape index (κ3) is 4.33. The van der Waals surface area contributed by atoms with Gasteiger partial charge in [-0.15, -0.1) is 0 Å². The zero-order valence-corrected chi connectivity index (χ0v) is 17.6. The van der Waals surface area contributed by atoms with E-state index in [9.17, 15) is 29.4 Å². The summed E-state index contributed by atoms with van der Waals surface area (Å²) in [6.45, 7) is 0. The molecule has 0 unspecified atom stereocenters. The van der Waals surface area contributed by atoms with Gasteiger partial charge in [0.15, 0.2) is 0 Å². The number of amides is 2. The minimum atomic E-state index is -1.36. The van der Waals surface area contributed by atoms with Crippen LogP contribution in [0.1, 0.15) is 41.4 Å². The SMILES string of the molecule is O=C(O)c1ccc(C(=O)Nc2ccccc2)c2c(C(=O)O)ccc(C(=O)Nc3ccccc3)c12. The quantitative estimate of drug-likeness (QED) is 0.333. The molecule has 0 aliphatic heterocycles. The Hall–Kier alpha value is -4.98. The van der Waals surface area contributed by atoms with Gasteiger partial charge in [-0.2, -0.15) is 0 Å². The average Bonchev–Trinajstić information content (AvgIpc) is 2.83. The van der Waals surface area contributed by atoms with Crippen LogP contribution in [0.15, 0.2) is 84.9 Å². The molecular weight excluding hydrogens is 436 g/mol. The predicted octanol–water partition coefficient (Wildman–Crippen LogP) is 4.74. The summed E-state index contributed by atoms with van der Waals surface area (Å²) in [5.41, 5.74) is 0.196. The van der Waals surface area contributed by atoms with Crippen LogP contribution in [-0.2, 0) is 0 Å². The molecule has 8 nitrogen and oxygen atoms in total. The lowest BCUT2D eigenvalue weighted by Crippen LogP contribution is -2.18. The molecule has 2 amide bonds. The summed E-state index contributed by atoms with van der Waals surface area (Å²) in [5.74, 6) is -4.01. The van der Waals surface area contributed by atoms with E-state index in [1.54, 1.807) is 60.7 Å². The van der Waals surface area contributed by atoms with Crippen molar-refractivity contribution < 1.29 is 29.4 Å². The van der Waals surface area contributed by atoms with Crippen molar-refractivity contribution in [3.63, 3.8) is 0 Å². The van der Waals surface area contributed by atoms with E-state index in [4.69, 9.17) is 0 Å². The van der Waals surface area contributed by atoms with Crippen molar-refractivity contribution in [3.05, 3.63) is 107 Å². The van der Waals surface area contributed by atoms with Crippen molar-refractivity contribution in [3.8, 4) is 0 Å². The number of carbonyl (C=O) groups excluding carboxylic acids is 2. The molecule has 0 saturated carbocycles. The summed E-state index contributed by atoms with van der Waals surface area (Å²) in [6, 6.07) is 21.9. The predicted molar refractivity (Wildman–Crippen MR) is 127 cm³/mol. The second kappa shape index (κ2) is 9.25. The maximum Gasteiger partial charge on any atom is 0.336 e. The summed E-state index contributed by atoms with van der Waals surface area (Å²) in [5, 5.41) is 24.7. The number of aromatic carboxylic acids is 2. The Morgan fingerprint density at radius 2 is 0.794 bits per heavy atom. The fraction of sp³-hybridized carbons (Fsp3) is 0. The molecule has 34 heavy (non-hydrogen) atoms. The minimum Gasteiger partial charge on any atom is -0.478 e. The van der Waals surface area contributed by atoms with Crippen LogP contribution in [0.3, 0.4) is 0 Å². The van der Waals surface area contributed by atoms with E-state index in [0.29, 0.717) is 11.4 Å². The lowest BCUT2D eigenvalue weighted by atomic mass is 9.90. The first kappa shape index (κ1) is 22.2. The fourth-order valence-corrected chi connectivity index (χ4v) is 3.67. The highest BCUT2D eigenvalue weighted by molar-refractivity contribution is 6.26. The highest BCUT2D eigenvalue weighted by Gasteiger charge is 2.25. The van der Waals surface area contributed by atoms with Gasteiger partial charge in [0.2, 0.25) is 0 Å². The number of carbonyl (C=O) groups is 4. The van der Waals surface area contributed by atoms with Crippen molar-refractivity contribution in [2.24, 2.45) is 0 Å². The van der Waals surface area contributed by atoms with Gasteiger partial charge in [-0.25, -0.2) is 9.59 Å². The van der Waals surface area contributed by atoms with Crippen LogP contribution in [0.25, 0.3) is 10.8 Å². The smallest absolute Gasteiger partial charge is 0.336 e. The normalized spacial score (nSPS) is 10.5. The molecule has 0 aliphatic carbocycles. The highest BCUT2D eigenvalue weighted by atomic mass is 16.4. The van der Waals surface area contributed by atoms with Gasteiger partial charge in [0.25, 0.3) is 11.8 Å². The molecule has 4 rings (SSSR count). The number of carboxylic acids is 2. The zero-order valence-electron chi connectivity index (χ0n) is 17.6. The maximum absolute atomic E-state index is 13.1. The van der Waals surface area contributed by atoms with Gasteiger partial charge in [0, 0.05) is 33.3 Å². The first-order valence-electron chi connectivity index (χ1n) is 10.2. The molecule has 168 valence electrons. The molecule has 0 spiro atoms. The Kier molecular flexibility index (Phi) is 6.05. The van der Waals surface area contributed by atoms with E-state index >= 15 is 0 Å². The molecule has 0 heterocycles. The molecule has 0 aromatic heterocycles. The first-order chi connectivity index (χ1) is 16.4. The summed E-state index contributed by atoms with van der Waals surface area (Å²) in [7, 11) is 0. The largest absolute Gasteiger partial charge is 0.478 e. The highest BCUT2D eigenvalue weighted by Crippen LogP contribution is 2.31. The lowest BCUT2D eigenvalue weighted by molar-refractivity contribution is 0.0686. The van der Waals surface area contributed by atoms with Gasteiger partial charge < -0.3 is 20.8 Å². The Bertz CT molecular complexity index is 1320. The number of para-hydroxylation sites is 2. The van der Waals surface area contributed by atoms with Gasteiger partial charge in [-0.1, -0.05) is 36.4 Å². The van der Waals surface area contributed by atoms with E-state index < -0.39 is 23.8 Å². The van der Waals surface area contributed by atoms with Gasteiger partial charge >= 0.3 is 11.9 Å². The van der Waals surface area contributed by atoms with E-state index in [2.05, 4.69) is 10.6 Å². The Labute approximate surface area is 193 Å². The number of carboxylic acid groups (broad SMARTS) is 2. The maximum atomic E-state index is 13.1. The van der Waals surface area contributed by atoms with Crippen LogP contribution in [0, 0.1) is 0 Å². The summed E-state index contributed by atoms with van der Waals surface area (Å²) in [4.78, 5) is 50.3. The first-order valence-corrected chi connectivity index (χ1v) is 10.2. The van der Waals surface area contributed by atoms with Crippen LogP contribution in [0.2, 0.25) is 0 Å². The van der Waals surface area contributed by atoms with E-state index in [0.717, 1.165) is 0 Å². The number of nitrogens with one attached hydrogen (secondary N) is 2. The van der Waals surface area contributed by atoms with Crippen LogP contribution in [0.5, 0.6) is 0 Å². The Morgan fingerprint density at radius 3 is 1.12 bits per heavy atom. The summed E-state index contributed by atoms with van der Waals surface area (Å²) < 4.78 is 0. The van der Waals surface area contributed by atoms with Gasteiger partial charge in [-0.05, 0) is 48.5 Å². The second-order valence-electron chi connectivity index (χ2n) is 7.32. The van der Waals surface area contributed by atoms with E-state index in [1.165, 1.54) is 24.3 Å². The molecule has 4 aromatic rings. The van der Waals surface area contributed by atoms with Crippen molar-refractivity contribution in [1.82, 2.24) is 0 Å². The van der Waals surface area contributed by atoms with Crippen LogP contribution < -0.4 is 10.6 Å². The molecule has 0 aliphatic rings. The van der Waals surface area contributed by atoms with Crippen molar-refractivity contribution >= 4 is 45.9 Å². The molecular formula is C26H18N2O6. The zero-order chi connectivity index (χ0) is 24.2. The van der Waals surface area contributed by atoms with Crippen molar-refractivity contribution in [1.29, 1.82) is 0 Å². The van der Waals surface area contributed by atoms with Crippen LogP contribution >= 0.6 is 0 Å². The number of benzene rings is 4. The second-order valence-corrected chi connectivity index (χ2v) is 7.32. The number of fused-ring (bicyclic) bond motifs is 1. The number of rotatable bonds is 6. The molecule has 8 heteroatoms. The van der Waals surface area contributed by atoms with E-state index in [-0.39, 0.29) is 33.0 Å². The molecule has 0 saturated heterocycles. The fourth-order valence-electron chi connectivity index (χ4n) is 3.67. The topological polar surface area (TPSA) is 133 Å². The molecule has 0 radical (unpaired) electrons.